The lowest BCUT2D eigenvalue weighted by Crippen LogP contribution is -2.44. The zero-order chi connectivity index (χ0) is 69.7. The molecule has 96 heavy (non-hydrogen) atoms. The second-order valence-corrected chi connectivity index (χ2v) is 27.6. The highest BCUT2D eigenvalue weighted by Crippen LogP contribution is 2.18. The van der Waals surface area contributed by atoms with Crippen molar-refractivity contribution >= 4 is 17.9 Å². The lowest BCUT2D eigenvalue weighted by Gasteiger charge is -2.26. The van der Waals surface area contributed by atoms with Gasteiger partial charge in [-0.2, -0.15) is 0 Å². The molecular weight excluding hydrogens is 1190 g/mol. The number of quaternary nitrogens is 1. The molecule has 550 valence electrons. The van der Waals surface area contributed by atoms with Gasteiger partial charge in [0.25, 0.3) is 0 Å². The minimum atomic E-state index is -1.63. The Bertz CT molecular complexity index is 2050. The number of aliphatic carboxylic acids is 1. The third kappa shape index (κ3) is 76.8. The van der Waals surface area contributed by atoms with Crippen LogP contribution in [0, 0.1) is 0 Å². The maximum absolute atomic E-state index is 13.0. The number of allylic oxidation sites excluding steroid dienone is 22. The predicted molar refractivity (Wildman–Crippen MR) is 412 cm³/mol. The summed E-state index contributed by atoms with van der Waals surface area (Å²) in [6.45, 7) is 4.66. The molecule has 0 N–H and O–H groups in total. The lowest BCUT2D eigenvalue weighted by molar-refractivity contribution is -0.870. The van der Waals surface area contributed by atoms with Gasteiger partial charge in [-0.1, -0.05) is 366 Å². The van der Waals surface area contributed by atoms with Gasteiger partial charge in [-0.3, -0.25) is 9.59 Å². The summed E-state index contributed by atoms with van der Waals surface area (Å²) < 4.78 is 22.8. The zero-order valence-electron chi connectivity index (χ0n) is 63.0. The van der Waals surface area contributed by atoms with E-state index < -0.39 is 24.3 Å². The summed E-state index contributed by atoms with van der Waals surface area (Å²) in [6.07, 6.45) is 107. The Kier molecular flexibility index (Phi) is 72.6. The maximum Gasteiger partial charge on any atom is 0.306 e. The van der Waals surface area contributed by atoms with Crippen LogP contribution in [0.3, 0.4) is 0 Å². The summed E-state index contributed by atoms with van der Waals surface area (Å²) in [7, 11) is 5.93. The van der Waals surface area contributed by atoms with Gasteiger partial charge in [0.15, 0.2) is 12.4 Å². The van der Waals surface area contributed by atoms with Gasteiger partial charge in [0.05, 0.1) is 40.3 Å². The first kappa shape index (κ1) is 91.4. The molecular formula is C87H149NO8. The first-order chi connectivity index (χ1) is 47.1. The minimum Gasteiger partial charge on any atom is -0.545 e. The standard InChI is InChI=1S/C87H149NO8/c1-6-8-10-12-14-16-18-20-22-24-26-28-30-32-34-36-38-39-40-41-42-43-44-45-46-47-48-50-52-54-56-58-60-62-64-66-68-70-72-74-76-78-85(90)96-83(82-95-87(86(91)92)93-80-79-88(3,4)5)81-94-84(89)77-75-73-71-69-67-65-63-61-59-57-55-53-51-49-37-35-33-31-29-27-25-23-21-19-17-15-13-11-9-7-2/h8,10,14,16,20,22,26,28,32,34,38-39,41-42,44-45,47-48,52,54,58,60,83,87H,6-7,9,11-13,15,17-19,21,23-25,27,29-31,33,35-37,40,43,46,49-51,53,55-57,59,61-82H2,1-5H3/b10-8-,16-14-,22-20-,28-26-,34-32-,39-38-,42-41-,45-44-,48-47-,54-52-,60-58-. The Morgan fingerprint density at radius 3 is 0.885 bits per heavy atom. The van der Waals surface area contributed by atoms with Crippen LogP contribution >= 0.6 is 0 Å². The van der Waals surface area contributed by atoms with Crippen molar-refractivity contribution in [2.24, 2.45) is 0 Å². The molecule has 2 atom stereocenters. The highest BCUT2D eigenvalue weighted by molar-refractivity contribution is 5.70. The number of ether oxygens (including phenoxy) is 4. The van der Waals surface area contributed by atoms with E-state index in [2.05, 4.69) is 148 Å². The highest BCUT2D eigenvalue weighted by Gasteiger charge is 2.22. The van der Waals surface area contributed by atoms with Crippen LogP contribution in [0.5, 0.6) is 0 Å². The summed E-state index contributed by atoms with van der Waals surface area (Å²) in [5, 5.41) is 11.9. The molecule has 0 aromatic rings. The Morgan fingerprint density at radius 2 is 0.594 bits per heavy atom. The fraction of sp³-hybridized carbons (Fsp3) is 0.713. The topological polar surface area (TPSA) is 111 Å². The van der Waals surface area contributed by atoms with Crippen molar-refractivity contribution in [3.8, 4) is 0 Å². The first-order valence-electron chi connectivity index (χ1n) is 39.8. The summed E-state index contributed by atoms with van der Waals surface area (Å²) in [5.74, 6) is -2.29. The van der Waals surface area contributed by atoms with Crippen molar-refractivity contribution < 1.29 is 42.9 Å². The van der Waals surface area contributed by atoms with E-state index in [-0.39, 0.29) is 38.6 Å². The van der Waals surface area contributed by atoms with Gasteiger partial charge in [-0.05, 0) is 96.3 Å². The van der Waals surface area contributed by atoms with E-state index in [0.29, 0.717) is 17.4 Å². The van der Waals surface area contributed by atoms with E-state index in [0.717, 1.165) is 116 Å². The second-order valence-electron chi connectivity index (χ2n) is 27.6. The quantitative estimate of drug-likeness (QED) is 0.0195. The van der Waals surface area contributed by atoms with E-state index in [1.165, 1.54) is 193 Å². The number of esters is 2. The highest BCUT2D eigenvalue weighted by atomic mass is 16.7. The second kappa shape index (κ2) is 76.2. The first-order valence-corrected chi connectivity index (χ1v) is 39.8. The van der Waals surface area contributed by atoms with E-state index >= 15 is 0 Å². The smallest absolute Gasteiger partial charge is 0.306 e. The molecule has 0 spiro atoms. The molecule has 0 heterocycles. The molecule has 0 saturated carbocycles. The van der Waals surface area contributed by atoms with Crippen molar-refractivity contribution in [1.82, 2.24) is 0 Å². The number of carbonyl (C=O) groups is 3. The average molecular weight is 1340 g/mol. The number of unbranched alkanes of at least 4 members (excludes halogenated alkanes) is 36. The van der Waals surface area contributed by atoms with E-state index in [1.807, 2.05) is 21.1 Å². The van der Waals surface area contributed by atoms with Crippen LogP contribution in [-0.2, 0) is 33.3 Å². The van der Waals surface area contributed by atoms with Gasteiger partial charge in [0, 0.05) is 12.8 Å². The molecule has 9 heteroatoms. The number of carbonyl (C=O) groups excluding carboxylic acids is 3. The van der Waals surface area contributed by atoms with Crippen molar-refractivity contribution in [3.63, 3.8) is 0 Å². The normalized spacial score (nSPS) is 13.4. The molecule has 0 aliphatic carbocycles. The Labute approximate surface area is 592 Å². The average Bonchev–Trinajstić information content (AvgIpc) is 2.59. The fourth-order valence-electron chi connectivity index (χ4n) is 11.1. The molecule has 0 aromatic carbocycles. The molecule has 0 bridgehead atoms. The monoisotopic (exact) mass is 1340 g/mol. The summed E-state index contributed by atoms with van der Waals surface area (Å²) >= 11 is 0. The van der Waals surface area contributed by atoms with E-state index in [4.69, 9.17) is 18.9 Å². The van der Waals surface area contributed by atoms with Gasteiger partial charge in [0.1, 0.15) is 13.2 Å². The predicted octanol–water partition coefficient (Wildman–Crippen LogP) is 24.3. The van der Waals surface area contributed by atoms with Crippen LogP contribution in [0.2, 0.25) is 0 Å². The number of likely N-dealkylation sites (N-methyl/N-ethyl adjacent to an activating group) is 1. The number of rotatable bonds is 73. The Balaban J connectivity index is 4.11. The third-order valence-electron chi connectivity index (χ3n) is 17.2. The van der Waals surface area contributed by atoms with Crippen LogP contribution in [-0.4, -0.2) is 82.3 Å². The van der Waals surface area contributed by atoms with Crippen LogP contribution in [0.25, 0.3) is 0 Å². The number of hydrogen-bond acceptors (Lipinski definition) is 8. The molecule has 0 aliphatic heterocycles. The molecule has 0 aliphatic rings. The third-order valence-corrected chi connectivity index (χ3v) is 17.2. The van der Waals surface area contributed by atoms with Crippen LogP contribution in [0.1, 0.15) is 341 Å². The Hall–Kier alpha value is -4.57. The molecule has 0 amide bonds. The van der Waals surface area contributed by atoms with Gasteiger partial charge >= 0.3 is 11.9 Å². The SMILES string of the molecule is CC/C=C\C/C=C\C/C=C\C/C=C\C/C=C\C/C=C\C/C=C\C/C=C\C/C=C\C/C=C\C/C=C\CCCCCCCCCC(=O)OC(COC(=O)CCCCCCCCCCCCCCCCCCCCCCCCCCCCCCCC)COC(OCC[N+](C)(C)C)C(=O)[O-]. The van der Waals surface area contributed by atoms with Crippen molar-refractivity contribution in [2.45, 2.75) is 354 Å². The number of hydrogen-bond donors (Lipinski definition) is 0. The summed E-state index contributed by atoms with van der Waals surface area (Å²) in [6, 6.07) is 0. The largest absolute Gasteiger partial charge is 0.545 e. The van der Waals surface area contributed by atoms with Crippen molar-refractivity contribution in [2.75, 3.05) is 47.5 Å². The van der Waals surface area contributed by atoms with E-state index in [1.54, 1.807) is 0 Å². The van der Waals surface area contributed by atoms with Gasteiger partial charge < -0.3 is 33.3 Å². The van der Waals surface area contributed by atoms with Gasteiger partial charge in [0.2, 0.25) is 0 Å². The minimum absolute atomic E-state index is 0.141. The van der Waals surface area contributed by atoms with E-state index in [9.17, 15) is 19.5 Å². The van der Waals surface area contributed by atoms with Crippen molar-refractivity contribution in [1.29, 1.82) is 0 Å². The van der Waals surface area contributed by atoms with Gasteiger partial charge in [-0.25, -0.2) is 0 Å². The van der Waals surface area contributed by atoms with Crippen LogP contribution in [0.4, 0.5) is 0 Å². The summed E-state index contributed by atoms with van der Waals surface area (Å²) in [5.41, 5.74) is 0. The molecule has 0 radical (unpaired) electrons. The maximum atomic E-state index is 13.0. The lowest BCUT2D eigenvalue weighted by atomic mass is 10.0. The van der Waals surface area contributed by atoms with Gasteiger partial charge in [-0.15, -0.1) is 0 Å². The van der Waals surface area contributed by atoms with Crippen molar-refractivity contribution in [3.05, 3.63) is 134 Å². The zero-order valence-corrected chi connectivity index (χ0v) is 63.0. The molecule has 0 aromatic heterocycles. The number of carboxylic acid groups (broad SMARTS) is 1. The van der Waals surface area contributed by atoms with Crippen LogP contribution in [0.15, 0.2) is 134 Å². The molecule has 0 fully saturated rings. The number of nitrogens with zero attached hydrogens (tertiary/aromatic N) is 1. The van der Waals surface area contributed by atoms with Crippen LogP contribution < -0.4 is 5.11 Å². The fourth-order valence-corrected chi connectivity index (χ4v) is 11.1. The number of carboxylic acids is 1. The molecule has 0 rings (SSSR count). The molecule has 0 saturated heterocycles. The molecule has 9 nitrogen and oxygen atoms in total. The Morgan fingerprint density at radius 1 is 0.323 bits per heavy atom. The summed E-state index contributed by atoms with van der Waals surface area (Å²) in [4.78, 5) is 37.6. The molecule has 2 unspecified atom stereocenters.